The molecule has 2 nitrogen and oxygen atoms in total. The van der Waals surface area contributed by atoms with Gasteiger partial charge < -0.3 is 10.2 Å². The van der Waals surface area contributed by atoms with Gasteiger partial charge in [0.05, 0.1) is 0 Å². The van der Waals surface area contributed by atoms with Crippen LogP contribution in [0.5, 0.6) is 0 Å². The quantitative estimate of drug-likeness (QED) is 0.195. The second-order valence-corrected chi connectivity index (χ2v) is 6.34. The number of aliphatic hydroxyl groups excluding tert-OH is 2. The zero-order valence-electron chi connectivity index (χ0n) is 14.8. The van der Waals surface area contributed by atoms with E-state index in [1.54, 1.807) is 0 Å². The van der Waals surface area contributed by atoms with Crippen LogP contribution < -0.4 is 0 Å². The topological polar surface area (TPSA) is 40.5 Å². The Balaban J connectivity index is 3.50. The van der Waals surface area contributed by atoms with Gasteiger partial charge in [-0.15, -0.1) is 0 Å². The van der Waals surface area contributed by atoms with Crippen molar-refractivity contribution >= 4 is 0 Å². The van der Waals surface area contributed by atoms with Crippen LogP contribution in [0.3, 0.4) is 0 Å². The van der Waals surface area contributed by atoms with Crippen molar-refractivity contribution in [2.24, 2.45) is 0 Å². The molecule has 0 rings (SSSR count). The summed E-state index contributed by atoms with van der Waals surface area (Å²) >= 11 is 0. The predicted octanol–water partition coefficient (Wildman–Crippen LogP) is 6.46. The summed E-state index contributed by atoms with van der Waals surface area (Å²) in [6.07, 6.45) is 18.3. The summed E-state index contributed by atoms with van der Waals surface area (Å²) in [6, 6.07) is 0. The average Bonchev–Trinajstić information content (AvgIpc) is 2.52. The second kappa shape index (κ2) is 16.6. The lowest BCUT2D eigenvalue weighted by Crippen LogP contribution is -1.89. The van der Waals surface area contributed by atoms with E-state index in [9.17, 15) is 5.11 Å². The molecule has 0 amide bonds. The van der Waals surface area contributed by atoms with Crippen LogP contribution >= 0.6 is 0 Å². The fraction of sp³-hybridized carbons (Fsp3) is 0.800. The molecule has 0 fully saturated rings. The first-order chi connectivity index (χ1) is 10.7. The predicted molar refractivity (Wildman–Crippen MR) is 97.2 cm³/mol. The smallest absolute Gasteiger partial charge is 0.114 e. The first-order valence-electron chi connectivity index (χ1n) is 9.40. The normalized spacial score (nSPS) is 11.8. The molecule has 0 unspecified atom stereocenters. The van der Waals surface area contributed by atoms with E-state index in [2.05, 4.69) is 13.5 Å². The fourth-order valence-electron chi connectivity index (χ4n) is 2.59. The van der Waals surface area contributed by atoms with Gasteiger partial charge in [-0.25, -0.2) is 0 Å². The lowest BCUT2D eigenvalue weighted by Gasteiger charge is -2.05. The van der Waals surface area contributed by atoms with Crippen LogP contribution in [0.4, 0.5) is 0 Å². The van der Waals surface area contributed by atoms with E-state index < -0.39 is 0 Å². The van der Waals surface area contributed by atoms with Crippen molar-refractivity contribution in [3.8, 4) is 0 Å². The van der Waals surface area contributed by atoms with Crippen molar-refractivity contribution in [2.75, 3.05) is 6.61 Å². The number of hydrogen-bond donors (Lipinski definition) is 2. The molecule has 0 aliphatic heterocycles. The summed E-state index contributed by atoms with van der Waals surface area (Å²) in [5, 5.41) is 18.7. The molecule has 2 heteroatoms. The molecule has 0 aromatic rings. The molecule has 2 N–H and O–H groups in total. The van der Waals surface area contributed by atoms with Crippen molar-refractivity contribution in [1.29, 1.82) is 0 Å². The Morgan fingerprint density at radius 1 is 0.818 bits per heavy atom. The first-order valence-corrected chi connectivity index (χ1v) is 9.40. The third-order valence-corrected chi connectivity index (χ3v) is 4.14. The van der Waals surface area contributed by atoms with Crippen LogP contribution in [0.1, 0.15) is 96.8 Å². The van der Waals surface area contributed by atoms with Gasteiger partial charge in [-0.1, -0.05) is 71.3 Å². The van der Waals surface area contributed by atoms with Gasteiger partial charge in [-0.2, -0.15) is 0 Å². The molecule has 0 aromatic heterocycles. The van der Waals surface area contributed by atoms with Crippen LogP contribution in [0.15, 0.2) is 24.0 Å². The first kappa shape index (κ1) is 21.2. The van der Waals surface area contributed by atoms with Crippen LogP contribution in [-0.4, -0.2) is 16.8 Å². The molecular weight excluding hydrogens is 272 g/mol. The second-order valence-electron chi connectivity index (χ2n) is 6.34. The zero-order chi connectivity index (χ0) is 16.5. The lowest BCUT2D eigenvalue weighted by molar-refractivity contribution is 0.282. The van der Waals surface area contributed by atoms with Gasteiger partial charge in [-0.05, 0) is 43.8 Å². The number of hydrogen-bond acceptors (Lipinski definition) is 2. The highest BCUT2D eigenvalue weighted by atomic mass is 16.3. The van der Waals surface area contributed by atoms with Gasteiger partial charge in [-0.3, -0.25) is 0 Å². The summed E-state index contributed by atoms with van der Waals surface area (Å²) in [5.41, 5.74) is 0.890. The Labute approximate surface area is 138 Å². The molecule has 0 atom stereocenters. The van der Waals surface area contributed by atoms with E-state index in [1.807, 2.05) is 6.08 Å². The molecule has 130 valence electrons. The van der Waals surface area contributed by atoms with E-state index in [4.69, 9.17) is 5.11 Å². The summed E-state index contributed by atoms with van der Waals surface area (Å²) in [5.74, 6) is 0.411. The SMILES string of the molecule is C=C(CCCCCCCCO)C(O)=CCCCCCCCC. The van der Waals surface area contributed by atoms with Gasteiger partial charge in [0, 0.05) is 6.61 Å². The van der Waals surface area contributed by atoms with E-state index >= 15 is 0 Å². The minimum absolute atomic E-state index is 0.314. The average molecular weight is 311 g/mol. The van der Waals surface area contributed by atoms with Crippen molar-refractivity contribution < 1.29 is 10.2 Å². The monoisotopic (exact) mass is 310 g/mol. The van der Waals surface area contributed by atoms with Crippen molar-refractivity contribution in [3.63, 3.8) is 0 Å². The Hall–Kier alpha value is -0.760. The lowest BCUT2D eigenvalue weighted by atomic mass is 10.0. The molecule has 0 aromatic carbocycles. The van der Waals surface area contributed by atoms with Crippen molar-refractivity contribution in [2.45, 2.75) is 96.8 Å². The van der Waals surface area contributed by atoms with E-state index in [0.717, 1.165) is 37.7 Å². The molecule has 0 bridgehead atoms. The van der Waals surface area contributed by atoms with Gasteiger partial charge in [0.1, 0.15) is 5.76 Å². The van der Waals surface area contributed by atoms with Crippen molar-refractivity contribution in [1.82, 2.24) is 0 Å². The summed E-state index contributed by atoms with van der Waals surface area (Å²) in [6.45, 7) is 6.54. The highest BCUT2D eigenvalue weighted by Gasteiger charge is 2.00. The van der Waals surface area contributed by atoms with Crippen molar-refractivity contribution in [3.05, 3.63) is 24.0 Å². The van der Waals surface area contributed by atoms with Crippen LogP contribution in [0.2, 0.25) is 0 Å². The maximum atomic E-state index is 9.96. The Bertz CT molecular complexity index is 281. The minimum atomic E-state index is 0.314. The van der Waals surface area contributed by atoms with E-state index in [-0.39, 0.29) is 0 Å². The standard InChI is InChI=1S/C20H38O2/c1-3-4-5-6-7-11-14-17-20(22)19(2)16-13-10-8-9-12-15-18-21/h17,21-22H,2-16,18H2,1H3. The largest absolute Gasteiger partial charge is 0.508 e. The Morgan fingerprint density at radius 2 is 1.36 bits per heavy atom. The Kier molecular flexibility index (Phi) is 16.0. The van der Waals surface area contributed by atoms with Gasteiger partial charge >= 0.3 is 0 Å². The number of unbranched alkanes of at least 4 members (excludes halogenated alkanes) is 11. The van der Waals surface area contributed by atoms with Gasteiger partial charge in [0.2, 0.25) is 0 Å². The molecule has 0 saturated heterocycles. The van der Waals surface area contributed by atoms with Gasteiger partial charge in [0.15, 0.2) is 0 Å². The summed E-state index contributed by atoms with van der Waals surface area (Å²) < 4.78 is 0. The van der Waals surface area contributed by atoms with Crippen LogP contribution in [-0.2, 0) is 0 Å². The molecular formula is C20H38O2. The highest BCUT2D eigenvalue weighted by molar-refractivity contribution is 5.20. The number of aliphatic hydroxyl groups is 2. The number of allylic oxidation sites excluding steroid dienone is 2. The van der Waals surface area contributed by atoms with E-state index in [0.29, 0.717) is 12.4 Å². The molecule has 0 spiro atoms. The molecule has 0 aliphatic rings. The molecule has 0 radical (unpaired) electrons. The Morgan fingerprint density at radius 3 is 2.00 bits per heavy atom. The zero-order valence-corrected chi connectivity index (χ0v) is 14.8. The summed E-state index contributed by atoms with van der Waals surface area (Å²) in [7, 11) is 0. The van der Waals surface area contributed by atoms with Gasteiger partial charge in [0.25, 0.3) is 0 Å². The molecule has 0 aliphatic carbocycles. The maximum absolute atomic E-state index is 9.96. The van der Waals surface area contributed by atoms with Crippen LogP contribution in [0, 0.1) is 0 Å². The molecule has 22 heavy (non-hydrogen) atoms. The van der Waals surface area contributed by atoms with Crippen LogP contribution in [0.25, 0.3) is 0 Å². The molecule has 0 saturated carbocycles. The molecule has 0 heterocycles. The summed E-state index contributed by atoms with van der Waals surface area (Å²) in [4.78, 5) is 0. The third kappa shape index (κ3) is 14.2. The third-order valence-electron chi connectivity index (χ3n) is 4.14. The highest BCUT2D eigenvalue weighted by Crippen LogP contribution is 2.16. The minimum Gasteiger partial charge on any atom is -0.508 e. The number of rotatable bonds is 16. The maximum Gasteiger partial charge on any atom is 0.114 e. The van der Waals surface area contributed by atoms with E-state index in [1.165, 1.54) is 57.8 Å². The fourth-order valence-corrected chi connectivity index (χ4v) is 2.59.